The maximum atomic E-state index is 11.7. The molecule has 1 rings (SSSR count). The molecule has 0 aromatic heterocycles. The van der Waals surface area contributed by atoms with Crippen LogP contribution in [-0.2, 0) is 9.53 Å². The Morgan fingerprint density at radius 3 is 2.65 bits per heavy atom. The molecular weight excluding hydrogens is 218 g/mol. The van der Waals surface area contributed by atoms with Gasteiger partial charge in [0.1, 0.15) is 0 Å². The SMILES string of the molecule is COCCNC(=O)CN(C)C1(CN)CCCC1. The van der Waals surface area contributed by atoms with Crippen LogP contribution in [0.5, 0.6) is 0 Å². The third-order valence-corrected chi connectivity index (χ3v) is 3.73. The number of nitrogens with two attached hydrogens (primary N) is 1. The zero-order valence-electron chi connectivity index (χ0n) is 11.0. The summed E-state index contributed by atoms with van der Waals surface area (Å²) >= 11 is 0. The van der Waals surface area contributed by atoms with E-state index in [4.69, 9.17) is 10.5 Å². The van der Waals surface area contributed by atoms with Gasteiger partial charge in [0.25, 0.3) is 0 Å². The number of carbonyl (C=O) groups excluding carboxylic acids is 1. The van der Waals surface area contributed by atoms with Crippen LogP contribution in [0.3, 0.4) is 0 Å². The summed E-state index contributed by atoms with van der Waals surface area (Å²) in [4.78, 5) is 13.8. The summed E-state index contributed by atoms with van der Waals surface area (Å²) in [5.41, 5.74) is 5.91. The van der Waals surface area contributed by atoms with Crippen LogP contribution in [0.4, 0.5) is 0 Å². The van der Waals surface area contributed by atoms with E-state index in [2.05, 4.69) is 10.2 Å². The van der Waals surface area contributed by atoms with E-state index in [9.17, 15) is 4.79 Å². The molecule has 5 nitrogen and oxygen atoms in total. The van der Waals surface area contributed by atoms with Crippen molar-refractivity contribution >= 4 is 5.91 Å². The van der Waals surface area contributed by atoms with Crippen LogP contribution in [0.2, 0.25) is 0 Å². The first-order valence-corrected chi connectivity index (χ1v) is 6.31. The van der Waals surface area contributed by atoms with Crippen LogP contribution in [0, 0.1) is 0 Å². The average Bonchev–Trinajstić information content (AvgIpc) is 2.79. The fourth-order valence-corrected chi connectivity index (χ4v) is 2.51. The molecule has 0 aromatic rings. The number of nitrogens with zero attached hydrogens (tertiary/aromatic N) is 1. The zero-order chi connectivity index (χ0) is 12.7. The van der Waals surface area contributed by atoms with Gasteiger partial charge < -0.3 is 15.8 Å². The maximum absolute atomic E-state index is 11.7. The summed E-state index contributed by atoms with van der Waals surface area (Å²) in [6, 6.07) is 0. The topological polar surface area (TPSA) is 67.6 Å². The lowest BCUT2D eigenvalue weighted by molar-refractivity contribution is -0.123. The Bertz CT molecular complexity index is 240. The molecule has 17 heavy (non-hydrogen) atoms. The van der Waals surface area contributed by atoms with Gasteiger partial charge in [0.2, 0.25) is 5.91 Å². The molecule has 0 heterocycles. The van der Waals surface area contributed by atoms with Gasteiger partial charge in [-0.25, -0.2) is 0 Å². The number of methoxy groups -OCH3 is 1. The normalized spacial score (nSPS) is 18.6. The lowest BCUT2D eigenvalue weighted by atomic mass is 9.96. The van der Waals surface area contributed by atoms with E-state index in [1.54, 1.807) is 7.11 Å². The van der Waals surface area contributed by atoms with Crippen molar-refractivity contribution < 1.29 is 9.53 Å². The highest BCUT2D eigenvalue weighted by molar-refractivity contribution is 5.78. The molecule has 5 heteroatoms. The van der Waals surface area contributed by atoms with Gasteiger partial charge in [0, 0.05) is 25.7 Å². The molecule has 0 unspecified atom stereocenters. The molecule has 3 N–H and O–H groups in total. The molecule has 100 valence electrons. The number of nitrogens with one attached hydrogen (secondary N) is 1. The number of ether oxygens (including phenoxy) is 1. The predicted molar refractivity (Wildman–Crippen MR) is 67.8 cm³/mol. The Kier molecular flexibility index (Phi) is 5.88. The second-order valence-corrected chi connectivity index (χ2v) is 4.83. The predicted octanol–water partition coefficient (Wildman–Crippen LogP) is -0.0477. The molecule has 1 aliphatic rings. The number of hydrogen-bond donors (Lipinski definition) is 2. The molecule has 0 radical (unpaired) electrons. The van der Waals surface area contributed by atoms with Gasteiger partial charge in [-0.15, -0.1) is 0 Å². The van der Waals surface area contributed by atoms with E-state index in [-0.39, 0.29) is 11.4 Å². The molecule has 0 aliphatic heterocycles. The van der Waals surface area contributed by atoms with Crippen LogP contribution >= 0.6 is 0 Å². The first kappa shape index (κ1) is 14.4. The van der Waals surface area contributed by atoms with Gasteiger partial charge in [-0.3, -0.25) is 9.69 Å². The third kappa shape index (κ3) is 3.94. The summed E-state index contributed by atoms with van der Waals surface area (Å²) < 4.78 is 4.89. The van der Waals surface area contributed by atoms with Gasteiger partial charge in [-0.1, -0.05) is 12.8 Å². The Morgan fingerprint density at radius 2 is 2.12 bits per heavy atom. The number of carbonyl (C=O) groups is 1. The van der Waals surface area contributed by atoms with Crippen molar-refractivity contribution in [3.8, 4) is 0 Å². The standard InChI is InChI=1S/C12H25N3O2/c1-15(9-11(16)14-7-8-17-2)12(10-13)5-3-4-6-12/h3-10,13H2,1-2H3,(H,14,16). The summed E-state index contributed by atoms with van der Waals surface area (Å²) in [5, 5.41) is 2.83. The van der Waals surface area contributed by atoms with Crippen LogP contribution in [0.1, 0.15) is 25.7 Å². The van der Waals surface area contributed by atoms with E-state index in [1.807, 2.05) is 7.05 Å². The highest BCUT2D eigenvalue weighted by atomic mass is 16.5. The van der Waals surface area contributed by atoms with Crippen molar-refractivity contribution in [2.75, 3.05) is 40.4 Å². The number of likely N-dealkylation sites (N-methyl/N-ethyl adjacent to an activating group) is 1. The van der Waals surface area contributed by atoms with Gasteiger partial charge >= 0.3 is 0 Å². The van der Waals surface area contributed by atoms with Crippen molar-refractivity contribution in [2.24, 2.45) is 5.73 Å². The minimum Gasteiger partial charge on any atom is -0.383 e. The Labute approximate surface area is 104 Å². The first-order valence-electron chi connectivity index (χ1n) is 6.31. The van der Waals surface area contributed by atoms with E-state index in [0.717, 1.165) is 12.8 Å². The van der Waals surface area contributed by atoms with Crippen molar-refractivity contribution in [1.29, 1.82) is 0 Å². The van der Waals surface area contributed by atoms with Gasteiger partial charge in [0.15, 0.2) is 0 Å². The molecule has 0 atom stereocenters. The summed E-state index contributed by atoms with van der Waals surface area (Å²) in [6.07, 6.45) is 4.64. The molecule has 0 bridgehead atoms. The smallest absolute Gasteiger partial charge is 0.234 e. The molecule has 0 aromatic carbocycles. The van der Waals surface area contributed by atoms with Gasteiger partial charge in [0.05, 0.1) is 13.2 Å². The highest BCUT2D eigenvalue weighted by Crippen LogP contribution is 2.33. The molecule has 1 amide bonds. The average molecular weight is 243 g/mol. The van der Waals surface area contributed by atoms with E-state index in [0.29, 0.717) is 26.2 Å². The number of hydrogen-bond acceptors (Lipinski definition) is 4. The molecule has 1 fully saturated rings. The quantitative estimate of drug-likeness (QED) is 0.615. The summed E-state index contributed by atoms with van der Waals surface area (Å²) in [7, 11) is 3.62. The monoisotopic (exact) mass is 243 g/mol. The fraction of sp³-hybridized carbons (Fsp3) is 0.917. The summed E-state index contributed by atoms with van der Waals surface area (Å²) in [5.74, 6) is 0.0456. The molecular formula is C12H25N3O2. The second-order valence-electron chi connectivity index (χ2n) is 4.83. The van der Waals surface area contributed by atoms with E-state index in [1.165, 1.54) is 12.8 Å². The van der Waals surface area contributed by atoms with E-state index >= 15 is 0 Å². The first-order chi connectivity index (χ1) is 8.14. The van der Waals surface area contributed by atoms with Crippen LogP contribution < -0.4 is 11.1 Å². The number of amides is 1. The number of rotatable bonds is 7. The van der Waals surface area contributed by atoms with Crippen molar-refractivity contribution in [3.63, 3.8) is 0 Å². The van der Waals surface area contributed by atoms with Crippen molar-refractivity contribution in [3.05, 3.63) is 0 Å². The fourth-order valence-electron chi connectivity index (χ4n) is 2.51. The lowest BCUT2D eigenvalue weighted by Crippen LogP contribution is -2.53. The van der Waals surface area contributed by atoms with E-state index < -0.39 is 0 Å². The summed E-state index contributed by atoms with van der Waals surface area (Å²) in [6.45, 7) is 2.17. The Balaban J connectivity index is 2.36. The van der Waals surface area contributed by atoms with Crippen LogP contribution in [0.25, 0.3) is 0 Å². The minimum atomic E-state index is 0.0403. The van der Waals surface area contributed by atoms with Gasteiger partial charge in [-0.05, 0) is 19.9 Å². The Morgan fingerprint density at radius 1 is 1.47 bits per heavy atom. The molecule has 0 saturated heterocycles. The second kappa shape index (κ2) is 6.93. The van der Waals surface area contributed by atoms with Gasteiger partial charge in [-0.2, -0.15) is 0 Å². The van der Waals surface area contributed by atoms with Crippen LogP contribution in [-0.4, -0.2) is 56.7 Å². The van der Waals surface area contributed by atoms with Crippen molar-refractivity contribution in [1.82, 2.24) is 10.2 Å². The Hall–Kier alpha value is -0.650. The lowest BCUT2D eigenvalue weighted by Gasteiger charge is -2.37. The molecule has 1 aliphatic carbocycles. The highest BCUT2D eigenvalue weighted by Gasteiger charge is 2.36. The maximum Gasteiger partial charge on any atom is 0.234 e. The van der Waals surface area contributed by atoms with Crippen LogP contribution in [0.15, 0.2) is 0 Å². The largest absolute Gasteiger partial charge is 0.383 e. The minimum absolute atomic E-state index is 0.0403. The molecule has 0 spiro atoms. The van der Waals surface area contributed by atoms with Crippen molar-refractivity contribution in [2.45, 2.75) is 31.2 Å². The third-order valence-electron chi connectivity index (χ3n) is 3.73. The molecule has 1 saturated carbocycles. The zero-order valence-corrected chi connectivity index (χ0v) is 11.0.